The maximum absolute atomic E-state index is 11.1. The summed E-state index contributed by atoms with van der Waals surface area (Å²) >= 11 is 0. The zero-order chi connectivity index (χ0) is 14.1. The van der Waals surface area contributed by atoms with E-state index in [1.807, 2.05) is 7.05 Å². The van der Waals surface area contributed by atoms with Gasteiger partial charge in [0.2, 0.25) is 0 Å². The highest BCUT2D eigenvalue weighted by atomic mass is 16.4. The van der Waals surface area contributed by atoms with Crippen LogP contribution in [-0.2, 0) is 13.6 Å². The quantitative estimate of drug-likeness (QED) is 0.855. The van der Waals surface area contributed by atoms with Crippen LogP contribution in [0, 0.1) is 0 Å². The molecule has 1 aliphatic rings. The second-order valence-electron chi connectivity index (χ2n) is 4.84. The number of nitrogens with one attached hydrogen (secondary N) is 1. The van der Waals surface area contributed by atoms with Crippen LogP contribution in [0.2, 0.25) is 0 Å². The van der Waals surface area contributed by atoms with E-state index in [1.54, 1.807) is 16.9 Å². The van der Waals surface area contributed by atoms with Crippen LogP contribution in [0.1, 0.15) is 40.8 Å². The maximum Gasteiger partial charge on any atom is 0.339 e. The first-order valence-corrected chi connectivity index (χ1v) is 6.47. The van der Waals surface area contributed by atoms with Crippen molar-refractivity contribution in [3.8, 4) is 0 Å². The molecule has 0 aromatic carbocycles. The molecule has 20 heavy (non-hydrogen) atoms. The predicted molar refractivity (Wildman–Crippen MR) is 71.5 cm³/mol. The summed E-state index contributed by atoms with van der Waals surface area (Å²) in [6, 6.07) is 3.12. The van der Waals surface area contributed by atoms with Crippen molar-refractivity contribution >= 4 is 11.8 Å². The van der Waals surface area contributed by atoms with Crippen LogP contribution in [0.25, 0.3) is 0 Å². The SMILES string of the molecule is Cn1nc(C2CC2)nc1CNc1ncccc1C(=O)O. The molecule has 0 radical (unpaired) electrons. The van der Waals surface area contributed by atoms with Crippen molar-refractivity contribution in [2.45, 2.75) is 25.3 Å². The number of carboxylic acids is 1. The van der Waals surface area contributed by atoms with Crippen LogP contribution < -0.4 is 5.32 Å². The van der Waals surface area contributed by atoms with Crippen LogP contribution in [-0.4, -0.2) is 30.8 Å². The van der Waals surface area contributed by atoms with Gasteiger partial charge in [-0.1, -0.05) is 0 Å². The van der Waals surface area contributed by atoms with E-state index < -0.39 is 5.97 Å². The van der Waals surface area contributed by atoms with Gasteiger partial charge in [-0.2, -0.15) is 5.10 Å². The molecule has 7 nitrogen and oxygen atoms in total. The van der Waals surface area contributed by atoms with E-state index in [9.17, 15) is 4.79 Å². The Labute approximate surface area is 115 Å². The van der Waals surface area contributed by atoms with Crippen LogP contribution in [0.4, 0.5) is 5.82 Å². The van der Waals surface area contributed by atoms with E-state index in [0.717, 1.165) is 24.5 Å². The summed E-state index contributed by atoms with van der Waals surface area (Å²) in [5.74, 6) is 1.49. The molecule has 1 saturated carbocycles. The van der Waals surface area contributed by atoms with Gasteiger partial charge in [0, 0.05) is 19.2 Å². The fourth-order valence-corrected chi connectivity index (χ4v) is 1.99. The number of pyridine rings is 1. The number of hydrogen-bond donors (Lipinski definition) is 2. The molecule has 0 saturated heterocycles. The van der Waals surface area contributed by atoms with Gasteiger partial charge in [-0.15, -0.1) is 0 Å². The standard InChI is InChI=1S/C13H15N5O2/c1-18-10(16-11(17-18)8-4-5-8)7-15-12-9(13(19)20)3-2-6-14-12/h2-3,6,8H,4-5,7H2,1H3,(H,14,15)(H,19,20). The number of rotatable bonds is 5. The molecule has 7 heteroatoms. The van der Waals surface area contributed by atoms with E-state index >= 15 is 0 Å². The highest BCUT2D eigenvalue weighted by Gasteiger charge is 2.28. The summed E-state index contributed by atoms with van der Waals surface area (Å²) in [6.07, 6.45) is 3.86. The number of aromatic nitrogens is 4. The number of carbonyl (C=O) groups is 1. The monoisotopic (exact) mass is 273 g/mol. The van der Waals surface area contributed by atoms with Crippen molar-refractivity contribution in [2.75, 3.05) is 5.32 Å². The average molecular weight is 273 g/mol. The van der Waals surface area contributed by atoms with Crippen LogP contribution in [0.5, 0.6) is 0 Å². The summed E-state index contributed by atoms with van der Waals surface area (Å²) in [5, 5.41) is 16.5. The smallest absolute Gasteiger partial charge is 0.339 e. The fraction of sp³-hybridized carbons (Fsp3) is 0.385. The molecule has 0 aliphatic heterocycles. The van der Waals surface area contributed by atoms with Gasteiger partial charge in [0.25, 0.3) is 0 Å². The van der Waals surface area contributed by atoms with E-state index in [0.29, 0.717) is 18.3 Å². The normalized spacial score (nSPS) is 14.2. The van der Waals surface area contributed by atoms with Crippen molar-refractivity contribution in [1.82, 2.24) is 19.7 Å². The van der Waals surface area contributed by atoms with Crippen molar-refractivity contribution in [3.05, 3.63) is 35.5 Å². The van der Waals surface area contributed by atoms with Crippen LogP contribution in [0.3, 0.4) is 0 Å². The minimum atomic E-state index is -1.00. The van der Waals surface area contributed by atoms with Crippen molar-refractivity contribution in [2.24, 2.45) is 7.05 Å². The number of aromatic carboxylic acids is 1. The lowest BCUT2D eigenvalue weighted by molar-refractivity contribution is 0.0697. The molecule has 1 aliphatic carbocycles. The Balaban J connectivity index is 1.74. The molecule has 104 valence electrons. The number of anilines is 1. The molecule has 0 amide bonds. The molecule has 2 heterocycles. The lowest BCUT2D eigenvalue weighted by Gasteiger charge is -2.07. The Morgan fingerprint density at radius 3 is 3.05 bits per heavy atom. The third-order valence-corrected chi connectivity index (χ3v) is 3.26. The van der Waals surface area contributed by atoms with Crippen molar-refractivity contribution in [1.29, 1.82) is 0 Å². The summed E-state index contributed by atoms with van der Waals surface area (Å²) in [6.45, 7) is 0.396. The summed E-state index contributed by atoms with van der Waals surface area (Å²) in [4.78, 5) is 19.6. The first kappa shape index (κ1) is 12.6. The first-order chi connectivity index (χ1) is 9.65. The Bertz CT molecular complexity index is 648. The van der Waals surface area contributed by atoms with Gasteiger partial charge in [0.05, 0.1) is 6.54 Å². The Morgan fingerprint density at radius 1 is 1.55 bits per heavy atom. The Kier molecular flexibility index (Phi) is 3.09. The second kappa shape index (κ2) is 4.92. The summed E-state index contributed by atoms with van der Waals surface area (Å²) < 4.78 is 1.73. The second-order valence-corrected chi connectivity index (χ2v) is 4.84. The number of aryl methyl sites for hydroxylation is 1. The van der Waals surface area contributed by atoms with Gasteiger partial charge in [0.1, 0.15) is 17.2 Å². The Morgan fingerprint density at radius 2 is 2.35 bits per heavy atom. The zero-order valence-corrected chi connectivity index (χ0v) is 11.1. The highest BCUT2D eigenvalue weighted by Crippen LogP contribution is 2.38. The Hall–Kier alpha value is -2.44. The van der Waals surface area contributed by atoms with Crippen molar-refractivity contribution in [3.63, 3.8) is 0 Å². The molecule has 0 atom stereocenters. The molecule has 3 rings (SSSR count). The van der Waals surface area contributed by atoms with E-state index in [-0.39, 0.29) is 5.56 Å². The topological polar surface area (TPSA) is 92.9 Å². The number of hydrogen-bond acceptors (Lipinski definition) is 5. The molecular weight excluding hydrogens is 258 g/mol. The molecule has 2 aromatic heterocycles. The zero-order valence-electron chi connectivity index (χ0n) is 11.1. The van der Waals surface area contributed by atoms with Crippen LogP contribution >= 0.6 is 0 Å². The minimum absolute atomic E-state index is 0.150. The molecule has 0 spiro atoms. The fourth-order valence-electron chi connectivity index (χ4n) is 1.99. The van der Waals surface area contributed by atoms with E-state index in [4.69, 9.17) is 5.11 Å². The molecule has 0 bridgehead atoms. The van der Waals surface area contributed by atoms with Gasteiger partial charge in [-0.3, -0.25) is 4.68 Å². The lowest BCUT2D eigenvalue weighted by atomic mass is 10.2. The highest BCUT2D eigenvalue weighted by molar-refractivity contribution is 5.92. The third kappa shape index (κ3) is 2.47. The molecule has 1 fully saturated rings. The third-order valence-electron chi connectivity index (χ3n) is 3.26. The number of carboxylic acid groups (broad SMARTS) is 1. The van der Waals surface area contributed by atoms with E-state index in [2.05, 4.69) is 20.4 Å². The van der Waals surface area contributed by atoms with Crippen LogP contribution in [0.15, 0.2) is 18.3 Å². The average Bonchev–Trinajstić information content (AvgIpc) is 3.21. The molecular formula is C13H15N5O2. The van der Waals surface area contributed by atoms with Gasteiger partial charge in [-0.05, 0) is 25.0 Å². The number of nitrogens with zero attached hydrogens (tertiary/aromatic N) is 4. The summed E-state index contributed by atoms with van der Waals surface area (Å²) in [5.41, 5.74) is 0.150. The van der Waals surface area contributed by atoms with Gasteiger partial charge in [0.15, 0.2) is 5.82 Å². The van der Waals surface area contributed by atoms with Gasteiger partial charge >= 0.3 is 5.97 Å². The minimum Gasteiger partial charge on any atom is -0.478 e. The molecule has 2 N–H and O–H groups in total. The molecule has 0 unspecified atom stereocenters. The predicted octanol–water partition coefficient (Wildman–Crippen LogP) is 1.40. The summed E-state index contributed by atoms with van der Waals surface area (Å²) in [7, 11) is 1.84. The van der Waals surface area contributed by atoms with Crippen molar-refractivity contribution < 1.29 is 9.90 Å². The maximum atomic E-state index is 11.1. The first-order valence-electron chi connectivity index (χ1n) is 6.47. The largest absolute Gasteiger partial charge is 0.478 e. The lowest BCUT2D eigenvalue weighted by Crippen LogP contribution is -2.11. The van der Waals surface area contributed by atoms with Gasteiger partial charge in [-0.25, -0.2) is 14.8 Å². The molecule has 2 aromatic rings. The van der Waals surface area contributed by atoms with Gasteiger partial charge < -0.3 is 10.4 Å². The van der Waals surface area contributed by atoms with E-state index in [1.165, 1.54) is 6.07 Å².